The Morgan fingerprint density at radius 1 is 1.03 bits per heavy atom. The second-order valence-corrected chi connectivity index (χ2v) is 6.75. The molecule has 0 saturated carbocycles. The number of benzene rings is 1. The molecule has 0 aliphatic rings. The van der Waals surface area contributed by atoms with Gasteiger partial charge in [-0.3, -0.25) is 9.97 Å². The molecule has 4 aromatic rings. The molecular formula is C22H22N6O. The Hall–Kier alpha value is -3.61. The van der Waals surface area contributed by atoms with Crippen LogP contribution >= 0.6 is 0 Å². The fourth-order valence-corrected chi connectivity index (χ4v) is 3.23. The first-order valence-corrected chi connectivity index (χ1v) is 9.54. The van der Waals surface area contributed by atoms with Gasteiger partial charge in [-0.05, 0) is 25.0 Å². The van der Waals surface area contributed by atoms with Gasteiger partial charge in [0.1, 0.15) is 5.76 Å². The minimum atomic E-state index is 0.540. The van der Waals surface area contributed by atoms with E-state index in [9.17, 15) is 0 Å². The molecule has 4 rings (SSSR count). The number of hydrogen-bond donors (Lipinski definition) is 1. The topological polar surface area (TPSA) is 89.6 Å². The maximum absolute atomic E-state index is 5.51. The maximum Gasteiger partial charge on any atom is 0.223 e. The van der Waals surface area contributed by atoms with Crippen LogP contribution in [0.25, 0.3) is 22.5 Å². The quantitative estimate of drug-likeness (QED) is 0.526. The van der Waals surface area contributed by atoms with Crippen LogP contribution in [0, 0.1) is 13.8 Å². The van der Waals surface area contributed by atoms with Crippen LogP contribution < -0.4 is 5.32 Å². The van der Waals surface area contributed by atoms with Gasteiger partial charge in [0.05, 0.1) is 28.8 Å². The molecule has 0 atom stereocenters. The number of nitrogens with zero attached hydrogens (tertiary/aromatic N) is 5. The molecule has 0 bridgehead atoms. The van der Waals surface area contributed by atoms with E-state index in [1.165, 1.54) is 11.1 Å². The highest BCUT2D eigenvalue weighted by molar-refractivity contribution is 5.80. The Morgan fingerprint density at radius 3 is 2.66 bits per heavy atom. The van der Waals surface area contributed by atoms with Crippen molar-refractivity contribution in [3.05, 3.63) is 71.6 Å². The minimum Gasteiger partial charge on any atom is -0.360 e. The molecule has 0 radical (unpaired) electrons. The Labute approximate surface area is 169 Å². The van der Waals surface area contributed by atoms with Crippen LogP contribution in [0.5, 0.6) is 0 Å². The highest BCUT2D eigenvalue weighted by atomic mass is 16.5. The molecule has 0 fully saturated rings. The third-order valence-electron chi connectivity index (χ3n) is 4.82. The molecule has 1 aromatic carbocycles. The van der Waals surface area contributed by atoms with E-state index in [0.717, 1.165) is 28.3 Å². The van der Waals surface area contributed by atoms with Crippen LogP contribution in [0.3, 0.4) is 0 Å². The van der Waals surface area contributed by atoms with E-state index in [1.54, 1.807) is 24.8 Å². The molecule has 0 aliphatic carbocycles. The number of aryl methyl sites for hydroxylation is 3. The number of rotatable bonds is 6. The summed E-state index contributed by atoms with van der Waals surface area (Å²) < 4.78 is 5.51. The molecule has 0 aliphatic heterocycles. The van der Waals surface area contributed by atoms with E-state index >= 15 is 0 Å². The number of nitrogens with one attached hydrogen (secondary N) is 1. The van der Waals surface area contributed by atoms with Gasteiger partial charge >= 0.3 is 0 Å². The molecule has 7 heteroatoms. The molecule has 146 valence electrons. The summed E-state index contributed by atoms with van der Waals surface area (Å²) in [5.74, 6) is 1.33. The molecular weight excluding hydrogens is 364 g/mol. The predicted molar refractivity (Wildman–Crippen MR) is 111 cm³/mol. The van der Waals surface area contributed by atoms with Gasteiger partial charge in [-0.2, -0.15) is 0 Å². The van der Waals surface area contributed by atoms with Gasteiger partial charge in [0.25, 0.3) is 0 Å². The first-order valence-electron chi connectivity index (χ1n) is 9.54. The van der Waals surface area contributed by atoms with Gasteiger partial charge in [0, 0.05) is 37.1 Å². The SMILES string of the molecule is CCc1onc(C)c1-c1nc(NCc2ccccc2C)ncc1-c1cnccn1. The Kier molecular flexibility index (Phi) is 5.29. The molecule has 0 amide bonds. The highest BCUT2D eigenvalue weighted by Gasteiger charge is 2.21. The van der Waals surface area contributed by atoms with Crippen LogP contribution in [-0.4, -0.2) is 25.1 Å². The van der Waals surface area contributed by atoms with Gasteiger partial charge in [0.2, 0.25) is 5.95 Å². The second-order valence-electron chi connectivity index (χ2n) is 6.75. The van der Waals surface area contributed by atoms with Gasteiger partial charge in [0.15, 0.2) is 0 Å². The maximum atomic E-state index is 5.51. The summed E-state index contributed by atoms with van der Waals surface area (Å²) >= 11 is 0. The van der Waals surface area contributed by atoms with Gasteiger partial charge in [-0.1, -0.05) is 36.3 Å². The zero-order valence-corrected chi connectivity index (χ0v) is 16.7. The lowest BCUT2D eigenvalue weighted by Gasteiger charge is -2.12. The monoisotopic (exact) mass is 386 g/mol. The predicted octanol–water partition coefficient (Wildman–Crippen LogP) is 4.38. The summed E-state index contributed by atoms with van der Waals surface area (Å²) in [4.78, 5) is 17.9. The molecule has 3 aromatic heterocycles. The molecule has 0 unspecified atom stereocenters. The standard InChI is InChI=1S/C22H22N6O/c1-4-19-20(15(3)28-29-19)21-17(18-13-23-9-10-24-18)12-26-22(27-21)25-11-16-8-6-5-7-14(16)2/h5-10,12-13H,4,11H2,1-3H3,(H,25,26,27). The minimum absolute atomic E-state index is 0.540. The van der Waals surface area contributed by atoms with Gasteiger partial charge in [-0.25, -0.2) is 9.97 Å². The normalized spacial score (nSPS) is 10.9. The smallest absolute Gasteiger partial charge is 0.223 e. The Bertz CT molecular complexity index is 1120. The van der Waals surface area contributed by atoms with Crippen LogP contribution in [0.4, 0.5) is 5.95 Å². The third-order valence-corrected chi connectivity index (χ3v) is 4.82. The summed E-state index contributed by atoms with van der Waals surface area (Å²) in [6, 6.07) is 8.25. The fraction of sp³-hybridized carbons (Fsp3) is 0.227. The number of anilines is 1. The molecule has 0 saturated heterocycles. The van der Waals surface area contributed by atoms with E-state index in [4.69, 9.17) is 9.51 Å². The lowest BCUT2D eigenvalue weighted by atomic mass is 10.0. The zero-order valence-electron chi connectivity index (χ0n) is 16.7. The lowest BCUT2D eigenvalue weighted by molar-refractivity contribution is 0.383. The van der Waals surface area contributed by atoms with Crippen molar-refractivity contribution in [2.75, 3.05) is 5.32 Å². The lowest BCUT2D eigenvalue weighted by Crippen LogP contribution is -2.06. The van der Waals surface area contributed by atoms with E-state index in [1.807, 2.05) is 26.0 Å². The number of hydrogen-bond acceptors (Lipinski definition) is 7. The van der Waals surface area contributed by atoms with Crippen molar-refractivity contribution < 1.29 is 4.52 Å². The van der Waals surface area contributed by atoms with Crippen LogP contribution in [0.1, 0.15) is 29.5 Å². The van der Waals surface area contributed by atoms with Crippen molar-refractivity contribution in [2.24, 2.45) is 0 Å². The number of aromatic nitrogens is 5. The van der Waals surface area contributed by atoms with Crippen molar-refractivity contribution in [3.8, 4) is 22.5 Å². The van der Waals surface area contributed by atoms with E-state index in [2.05, 4.69) is 44.5 Å². The average Bonchev–Trinajstić information content (AvgIpc) is 3.14. The Balaban J connectivity index is 1.76. The molecule has 1 N–H and O–H groups in total. The van der Waals surface area contributed by atoms with Crippen LogP contribution in [0.2, 0.25) is 0 Å². The Morgan fingerprint density at radius 2 is 1.90 bits per heavy atom. The van der Waals surface area contributed by atoms with E-state index in [-0.39, 0.29) is 0 Å². The summed E-state index contributed by atoms with van der Waals surface area (Å²) in [5, 5.41) is 7.47. The van der Waals surface area contributed by atoms with Crippen LogP contribution in [-0.2, 0) is 13.0 Å². The second kappa shape index (κ2) is 8.18. The molecule has 0 spiro atoms. The molecule has 7 nitrogen and oxygen atoms in total. The largest absolute Gasteiger partial charge is 0.360 e. The average molecular weight is 386 g/mol. The molecule has 3 heterocycles. The van der Waals surface area contributed by atoms with Crippen molar-refractivity contribution in [1.82, 2.24) is 25.1 Å². The van der Waals surface area contributed by atoms with Crippen molar-refractivity contribution >= 4 is 5.95 Å². The first-order chi connectivity index (χ1) is 14.2. The first kappa shape index (κ1) is 18.7. The zero-order chi connectivity index (χ0) is 20.2. The highest BCUT2D eigenvalue weighted by Crippen LogP contribution is 2.34. The van der Waals surface area contributed by atoms with E-state index < -0.39 is 0 Å². The summed E-state index contributed by atoms with van der Waals surface area (Å²) in [6.45, 7) is 6.68. The third kappa shape index (κ3) is 3.85. The van der Waals surface area contributed by atoms with Crippen molar-refractivity contribution in [2.45, 2.75) is 33.7 Å². The summed E-state index contributed by atoms with van der Waals surface area (Å²) in [7, 11) is 0. The van der Waals surface area contributed by atoms with Gasteiger partial charge in [-0.15, -0.1) is 0 Å². The molecule has 29 heavy (non-hydrogen) atoms. The van der Waals surface area contributed by atoms with Gasteiger partial charge < -0.3 is 9.84 Å². The van der Waals surface area contributed by atoms with Crippen molar-refractivity contribution in [1.29, 1.82) is 0 Å². The summed E-state index contributed by atoms with van der Waals surface area (Å²) in [6.07, 6.45) is 7.50. The van der Waals surface area contributed by atoms with Crippen molar-refractivity contribution in [3.63, 3.8) is 0 Å². The van der Waals surface area contributed by atoms with Crippen LogP contribution in [0.15, 0.2) is 53.6 Å². The fourth-order valence-electron chi connectivity index (χ4n) is 3.23. The van der Waals surface area contributed by atoms with E-state index in [0.29, 0.717) is 24.6 Å². The summed E-state index contributed by atoms with van der Waals surface area (Å²) in [5.41, 5.74) is 6.33.